The Bertz CT molecular complexity index is 533. The Morgan fingerprint density at radius 3 is 2.63 bits per heavy atom. The third kappa shape index (κ3) is 3.00. The zero-order chi connectivity index (χ0) is 13.7. The highest BCUT2D eigenvalue weighted by atomic mass is 16.5. The molecule has 2 N–H and O–H groups in total. The van der Waals surface area contributed by atoms with E-state index in [0.717, 1.165) is 5.56 Å². The largest absolute Gasteiger partial charge is 0.481 e. The Morgan fingerprint density at radius 1 is 1.26 bits per heavy atom. The lowest BCUT2D eigenvalue weighted by Gasteiger charge is -2.29. The Balaban J connectivity index is 2.27. The van der Waals surface area contributed by atoms with Crippen LogP contribution >= 0.6 is 0 Å². The summed E-state index contributed by atoms with van der Waals surface area (Å²) in [7, 11) is 1.55. The molecule has 1 atom stereocenters. The number of hydrogen-bond acceptors (Lipinski definition) is 5. The van der Waals surface area contributed by atoms with Crippen molar-refractivity contribution in [1.29, 1.82) is 0 Å². The Labute approximate surface area is 112 Å². The molecule has 0 spiro atoms. The molecule has 0 radical (unpaired) electrons. The van der Waals surface area contributed by atoms with Crippen LogP contribution in [0, 0.1) is 0 Å². The average molecular weight is 259 g/mol. The molecule has 1 aromatic heterocycles. The monoisotopic (exact) mass is 259 g/mol. The lowest BCUT2D eigenvalue weighted by Crippen LogP contribution is -2.36. The number of nitrogens with one attached hydrogen (secondary N) is 1. The van der Waals surface area contributed by atoms with Crippen LogP contribution in [0.15, 0.2) is 42.6 Å². The highest BCUT2D eigenvalue weighted by molar-refractivity contribution is 5.37. The quantitative estimate of drug-likeness (QED) is 0.857. The molecule has 1 unspecified atom stereocenters. The number of hydrogen-bond donors (Lipinski definition) is 2. The number of methoxy groups -OCH3 is 1. The van der Waals surface area contributed by atoms with Gasteiger partial charge in [-0.2, -0.15) is 4.98 Å². The molecule has 0 amide bonds. The zero-order valence-electron chi connectivity index (χ0n) is 11.0. The first-order valence-electron chi connectivity index (χ1n) is 5.99. The van der Waals surface area contributed by atoms with Gasteiger partial charge < -0.3 is 15.2 Å². The van der Waals surface area contributed by atoms with E-state index in [1.807, 2.05) is 37.3 Å². The first kappa shape index (κ1) is 13.3. The van der Waals surface area contributed by atoms with Crippen molar-refractivity contribution in [3.05, 3.63) is 48.2 Å². The van der Waals surface area contributed by atoms with Gasteiger partial charge in [0.1, 0.15) is 0 Å². The van der Waals surface area contributed by atoms with E-state index in [-0.39, 0.29) is 6.61 Å². The molecular formula is C14H17N3O2. The van der Waals surface area contributed by atoms with Gasteiger partial charge in [0, 0.05) is 12.3 Å². The Kier molecular flexibility index (Phi) is 3.97. The molecule has 100 valence electrons. The SMILES string of the molecule is COc1ccnc(NC(C)(CO)c2ccccc2)n1. The minimum absolute atomic E-state index is 0.0718. The van der Waals surface area contributed by atoms with Gasteiger partial charge in [-0.3, -0.25) is 0 Å². The van der Waals surface area contributed by atoms with Gasteiger partial charge in [-0.25, -0.2) is 4.98 Å². The summed E-state index contributed by atoms with van der Waals surface area (Å²) >= 11 is 0. The minimum Gasteiger partial charge on any atom is -0.481 e. The molecule has 5 heteroatoms. The molecular weight excluding hydrogens is 242 g/mol. The molecule has 0 saturated heterocycles. The lowest BCUT2D eigenvalue weighted by atomic mass is 9.93. The maximum absolute atomic E-state index is 9.68. The molecule has 0 saturated carbocycles. The highest BCUT2D eigenvalue weighted by Crippen LogP contribution is 2.24. The van der Waals surface area contributed by atoms with Crippen molar-refractivity contribution in [2.75, 3.05) is 19.0 Å². The topological polar surface area (TPSA) is 67.3 Å². The van der Waals surface area contributed by atoms with E-state index in [0.29, 0.717) is 11.8 Å². The van der Waals surface area contributed by atoms with Gasteiger partial charge in [-0.05, 0) is 12.5 Å². The summed E-state index contributed by atoms with van der Waals surface area (Å²) in [5.41, 5.74) is 0.317. The second-order valence-electron chi connectivity index (χ2n) is 4.40. The highest BCUT2D eigenvalue weighted by Gasteiger charge is 2.26. The third-order valence-electron chi connectivity index (χ3n) is 2.95. The van der Waals surface area contributed by atoms with Crippen LogP contribution in [0.25, 0.3) is 0 Å². The number of benzene rings is 1. The summed E-state index contributed by atoms with van der Waals surface area (Å²) in [6, 6.07) is 11.4. The van der Waals surface area contributed by atoms with E-state index in [4.69, 9.17) is 4.74 Å². The van der Waals surface area contributed by atoms with Gasteiger partial charge in [0.15, 0.2) is 0 Å². The molecule has 0 bridgehead atoms. The fraction of sp³-hybridized carbons (Fsp3) is 0.286. The van der Waals surface area contributed by atoms with Crippen LogP contribution in [-0.4, -0.2) is 28.8 Å². The predicted molar refractivity (Wildman–Crippen MR) is 73.1 cm³/mol. The lowest BCUT2D eigenvalue weighted by molar-refractivity contribution is 0.223. The van der Waals surface area contributed by atoms with Crippen molar-refractivity contribution in [2.45, 2.75) is 12.5 Å². The molecule has 0 aliphatic carbocycles. The Hall–Kier alpha value is -2.14. The van der Waals surface area contributed by atoms with Crippen molar-refractivity contribution < 1.29 is 9.84 Å². The van der Waals surface area contributed by atoms with Crippen LogP contribution in [0.2, 0.25) is 0 Å². The number of anilines is 1. The maximum atomic E-state index is 9.68. The van der Waals surface area contributed by atoms with Gasteiger partial charge >= 0.3 is 0 Å². The van der Waals surface area contributed by atoms with Gasteiger partial charge in [-0.1, -0.05) is 30.3 Å². The van der Waals surface area contributed by atoms with Crippen LogP contribution < -0.4 is 10.1 Å². The van der Waals surface area contributed by atoms with E-state index in [1.165, 1.54) is 0 Å². The second-order valence-corrected chi connectivity index (χ2v) is 4.40. The molecule has 0 aliphatic heterocycles. The van der Waals surface area contributed by atoms with Crippen LogP contribution in [0.3, 0.4) is 0 Å². The van der Waals surface area contributed by atoms with Crippen molar-refractivity contribution in [2.24, 2.45) is 0 Å². The summed E-state index contributed by atoms with van der Waals surface area (Å²) in [4.78, 5) is 8.33. The van der Waals surface area contributed by atoms with Crippen molar-refractivity contribution in [1.82, 2.24) is 9.97 Å². The van der Waals surface area contributed by atoms with Crippen molar-refractivity contribution in [3.8, 4) is 5.88 Å². The van der Waals surface area contributed by atoms with Crippen LogP contribution in [0.5, 0.6) is 5.88 Å². The second kappa shape index (κ2) is 5.67. The Morgan fingerprint density at radius 2 is 2.00 bits per heavy atom. The number of aliphatic hydroxyl groups is 1. The van der Waals surface area contributed by atoms with Gasteiger partial charge in [0.25, 0.3) is 0 Å². The van der Waals surface area contributed by atoms with Crippen LogP contribution in [-0.2, 0) is 5.54 Å². The fourth-order valence-electron chi connectivity index (χ4n) is 1.77. The number of aromatic nitrogens is 2. The summed E-state index contributed by atoms with van der Waals surface area (Å²) < 4.78 is 5.06. The van der Waals surface area contributed by atoms with E-state index in [1.54, 1.807) is 19.4 Å². The first-order chi connectivity index (χ1) is 9.18. The normalized spacial score (nSPS) is 13.6. The fourth-order valence-corrected chi connectivity index (χ4v) is 1.77. The van der Waals surface area contributed by atoms with Crippen LogP contribution in [0.4, 0.5) is 5.95 Å². The molecule has 2 aromatic rings. The summed E-state index contributed by atoms with van der Waals surface area (Å²) in [6.45, 7) is 1.82. The molecule has 19 heavy (non-hydrogen) atoms. The number of rotatable bonds is 5. The van der Waals surface area contributed by atoms with Crippen molar-refractivity contribution >= 4 is 5.95 Å². The number of aliphatic hydroxyl groups excluding tert-OH is 1. The van der Waals surface area contributed by atoms with Gasteiger partial charge in [-0.15, -0.1) is 0 Å². The van der Waals surface area contributed by atoms with E-state index in [9.17, 15) is 5.11 Å². The number of nitrogens with zero attached hydrogens (tertiary/aromatic N) is 2. The number of ether oxygens (including phenoxy) is 1. The molecule has 1 aromatic carbocycles. The smallest absolute Gasteiger partial charge is 0.226 e. The molecule has 5 nitrogen and oxygen atoms in total. The van der Waals surface area contributed by atoms with Gasteiger partial charge in [0.2, 0.25) is 11.8 Å². The third-order valence-corrected chi connectivity index (χ3v) is 2.95. The van der Waals surface area contributed by atoms with Gasteiger partial charge in [0.05, 0.1) is 19.3 Å². The van der Waals surface area contributed by atoms with E-state index < -0.39 is 5.54 Å². The standard InChI is InChI=1S/C14H17N3O2/c1-14(10-18,11-6-4-3-5-7-11)17-13-15-9-8-12(16-13)19-2/h3-9,18H,10H2,1-2H3,(H,15,16,17). The first-order valence-corrected chi connectivity index (χ1v) is 5.99. The summed E-state index contributed by atoms with van der Waals surface area (Å²) in [5.74, 6) is 0.894. The van der Waals surface area contributed by atoms with E-state index >= 15 is 0 Å². The molecule has 0 fully saturated rings. The van der Waals surface area contributed by atoms with Crippen molar-refractivity contribution in [3.63, 3.8) is 0 Å². The molecule has 2 rings (SSSR count). The maximum Gasteiger partial charge on any atom is 0.226 e. The molecule has 0 aliphatic rings. The predicted octanol–water partition coefficient (Wildman–Crippen LogP) is 1.80. The zero-order valence-corrected chi connectivity index (χ0v) is 11.0. The minimum atomic E-state index is -0.645. The summed E-state index contributed by atoms with van der Waals surface area (Å²) in [6.07, 6.45) is 1.61. The summed E-state index contributed by atoms with van der Waals surface area (Å²) in [5, 5.41) is 12.8. The average Bonchev–Trinajstić information content (AvgIpc) is 2.48. The molecule has 1 heterocycles. The van der Waals surface area contributed by atoms with Crippen LogP contribution in [0.1, 0.15) is 12.5 Å². The van der Waals surface area contributed by atoms with E-state index in [2.05, 4.69) is 15.3 Å².